The van der Waals surface area contributed by atoms with Crippen LogP contribution in [0.3, 0.4) is 0 Å². The van der Waals surface area contributed by atoms with Crippen LogP contribution in [0.2, 0.25) is 0 Å². The second-order valence-corrected chi connectivity index (χ2v) is 3.25. The molecule has 0 atom stereocenters. The third kappa shape index (κ3) is 1.84. The predicted octanol–water partition coefficient (Wildman–Crippen LogP) is 1.67. The fourth-order valence-corrected chi connectivity index (χ4v) is 1.46. The van der Waals surface area contributed by atoms with Crippen molar-refractivity contribution in [1.82, 2.24) is 14.8 Å². The topological polar surface area (TPSA) is 47.8 Å². The van der Waals surface area contributed by atoms with Crippen molar-refractivity contribution < 1.29 is 9.18 Å². The number of ketones is 1. The van der Waals surface area contributed by atoms with E-state index >= 15 is 0 Å². The summed E-state index contributed by atoms with van der Waals surface area (Å²) >= 11 is 0. The Morgan fingerprint density at radius 1 is 1.50 bits per heavy atom. The number of aromatic nitrogens is 3. The van der Waals surface area contributed by atoms with Crippen LogP contribution in [0.4, 0.5) is 4.39 Å². The number of carbonyl (C=O) groups is 1. The van der Waals surface area contributed by atoms with Crippen molar-refractivity contribution in [2.24, 2.45) is 0 Å². The maximum absolute atomic E-state index is 12.9. The lowest BCUT2D eigenvalue weighted by Gasteiger charge is -2.03. The van der Waals surface area contributed by atoms with Crippen LogP contribution in [0.15, 0.2) is 30.7 Å². The lowest BCUT2D eigenvalue weighted by atomic mass is 10.1. The van der Waals surface area contributed by atoms with Gasteiger partial charge in [0.15, 0.2) is 0 Å². The summed E-state index contributed by atoms with van der Waals surface area (Å²) in [5.74, 6) is -0.792. The first kappa shape index (κ1) is 10.5. The Morgan fingerprint density at radius 3 is 3.00 bits per heavy atom. The lowest BCUT2D eigenvalue weighted by Crippen LogP contribution is -2.10. The summed E-state index contributed by atoms with van der Waals surface area (Å²) in [4.78, 5) is 15.6. The van der Waals surface area contributed by atoms with E-state index in [1.54, 1.807) is 16.9 Å². The van der Waals surface area contributed by atoms with Gasteiger partial charge < -0.3 is 0 Å². The number of nitrogens with zero attached hydrogens (tertiary/aromatic N) is 3. The highest BCUT2D eigenvalue weighted by molar-refractivity contribution is 6.07. The average molecular weight is 219 g/mol. The van der Waals surface area contributed by atoms with Crippen LogP contribution < -0.4 is 0 Å². The van der Waals surface area contributed by atoms with Crippen molar-refractivity contribution in [3.05, 3.63) is 47.8 Å². The van der Waals surface area contributed by atoms with E-state index in [4.69, 9.17) is 0 Å². The van der Waals surface area contributed by atoms with Crippen LogP contribution in [0.1, 0.15) is 23.0 Å². The number of pyridine rings is 1. The van der Waals surface area contributed by atoms with Crippen molar-refractivity contribution in [3.63, 3.8) is 0 Å². The summed E-state index contributed by atoms with van der Waals surface area (Å²) in [6.07, 6.45) is 3.95. The number of halogens is 1. The Morgan fingerprint density at radius 2 is 2.31 bits per heavy atom. The molecule has 0 bridgehead atoms. The van der Waals surface area contributed by atoms with Crippen LogP contribution in [0.25, 0.3) is 0 Å². The summed E-state index contributed by atoms with van der Waals surface area (Å²) in [5, 5.41) is 3.99. The molecule has 4 nitrogen and oxygen atoms in total. The minimum absolute atomic E-state index is 0.232. The van der Waals surface area contributed by atoms with Crippen molar-refractivity contribution in [1.29, 1.82) is 0 Å². The van der Waals surface area contributed by atoms with E-state index in [0.717, 1.165) is 6.20 Å². The van der Waals surface area contributed by atoms with Crippen molar-refractivity contribution in [2.75, 3.05) is 0 Å². The number of hydrogen-bond donors (Lipinski definition) is 0. The molecule has 0 aliphatic carbocycles. The smallest absolute Gasteiger partial charge is 0.212 e. The molecule has 0 aromatic carbocycles. The Labute approximate surface area is 91.7 Å². The van der Waals surface area contributed by atoms with Gasteiger partial charge in [-0.1, -0.05) is 0 Å². The molecule has 2 aromatic heterocycles. The molecule has 0 aliphatic heterocycles. The second kappa shape index (κ2) is 4.22. The molecule has 2 aromatic rings. The van der Waals surface area contributed by atoms with Crippen LogP contribution in [-0.4, -0.2) is 20.5 Å². The van der Waals surface area contributed by atoms with Crippen LogP contribution in [-0.2, 0) is 6.54 Å². The van der Waals surface area contributed by atoms with Crippen molar-refractivity contribution >= 4 is 5.78 Å². The van der Waals surface area contributed by atoms with Gasteiger partial charge in [-0.2, -0.15) is 5.10 Å². The lowest BCUT2D eigenvalue weighted by molar-refractivity contribution is 0.102. The highest BCUT2D eigenvalue weighted by Crippen LogP contribution is 2.09. The molecule has 0 amide bonds. The summed E-state index contributed by atoms with van der Waals surface area (Å²) in [5.41, 5.74) is 0.671. The van der Waals surface area contributed by atoms with Crippen molar-refractivity contribution in [2.45, 2.75) is 13.5 Å². The minimum Gasteiger partial charge on any atom is -0.287 e. The third-order valence-electron chi connectivity index (χ3n) is 2.22. The fourth-order valence-electron chi connectivity index (χ4n) is 1.46. The molecule has 5 heteroatoms. The summed E-state index contributed by atoms with van der Waals surface area (Å²) in [6, 6.07) is 2.78. The van der Waals surface area contributed by atoms with E-state index < -0.39 is 5.82 Å². The number of carbonyl (C=O) groups excluding carboxylic acids is 1. The molecule has 0 fully saturated rings. The standard InChI is InChI=1S/C11H10FN3O/c1-2-15-10(3-4-14-15)11(16)8-5-9(12)7-13-6-8/h3-7H,2H2,1H3. The molecule has 0 unspecified atom stereocenters. The van der Waals surface area contributed by atoms with Gasteiger partial charge in [0.1, 0.15) is 11.5 Å². The van der Waals surface area contributed by atoms with E-state index in [-0.39, 0.29) is 11.3 Å². The van der Waals surface area contributed by atoms with E-state index in [1.165, 1.54) is 12.3 Å². The largest absolute Gasteiger partial charge is 0.287 e. The second-order valence-electron chi connectivity index (χ2n) is 3.25. The molecule has 0 radical (unpaired) electrons. The third-order valence-corrected chi connectivity index (χ3v) is 2.22. The molecule has 0 N–H and O–H groups in total. The SMILES string of the molecule is CCn1nccc1C(=O)c1cncc(F)c1. The molecule has 2 heterocycles. The normalized spacial score (nSPS) is 10.4. The van der Waals surface area contributed by atoms with E-state index in [9.17, 15) is 9.18 Å². The van der Waals surface area contributed by atoms with Crippen LogP contribution in [0.5, 0.6) is 0 Å². The zero-order valence-electron chi connectivity index (χ0n) is 8.72. The first-order valence-corrected chi connectivity index (χ1v) is 4.89. The van der Waals surface area contributed by atoms with Gasteiger partial charge in [0.2, 0.25) is 5.78 Å². The zero-order chi connectivity index (χ0) is 11.5. The van der Waals surface area contributed by atoms with Gasteiger partial charge in [0, 0.05) is 24.5 Å². The van der Waals surface area contributed by atoms with Gasteiger partial charge in [-0.25, -0.2) is 4.39 Å². The Hall–Kier alpha value is -2.04. The van der Waals surface area contributed by atoms with Gasteiger partial charge in [0.25, 0.3) is 0 Å². The summed E-state index contributed by atoms with van der Waals surface area (Å²) in [7, 11) is 0. The molecule has 16 heavy (non-hydrogen) atoms. The van der Waals surface area contributed by atoms with Gasteiger partial charge >= 0.3 is 0 Å². The minimum atomic E-state index is -0.520. The molecule has 0 spiro atoms. The molecule has 0 aliphatic rings. The summed E-state index contributed by atoms with van der Waals surface area (Å²) < 4.78 is 14.5. The number of aryl methyl sites for hydroxylation is 1. The van der Waals surface area contributed by atoms with Gasteiger partial charge in [-0.05, 0) is 19.1 Å². The fraction of sp³-hybridized carbons (Fsp3) is 0.182. The Kier molecular flexibility index (Phi) is 2.76. The number of hydrogen-bond acceptors (Lipinski definition) is 3. The molecular weight excluding hydrogens is 209 g/mol. The highest BCUT2D eigenvalue weighted by atomic mass is 19.1. The Balaban J connectivity index is 2.39. The summed E-state index contributed by atoms with van der Waals surface area (Å²) in [6.45, 7) is 2.48. The maximum Gasteiger partial charge on any atom is 0.212 e. The monoisotopic (exact) mass is 219 g/mol. The van der Waals surface area contributed by atoms with E-state index in [1.807, 2.05) is 6.92 Å². The number of rotatable bonds is 3. The van der Waals surface area contributed by atoms with E-state index in [0.29, 0.717) is 12.2 Å². The van der Waals surface area contributed by atoms with Gasteiger partial charge in [-0.15, -0.1) is 0 Å². The molecule has 2 rings (SSSR count). The quantitative estimate of drug-likeness (QED) is 0.738. The first-order valence-electron chi connectivity index (χ1n) is 4.89. The zero-order valence-corrected chi connectivity index (χ0v) is 8.72. The van der Waals surface area contributed by atoms with Crippen LogP contribution in [0, 0.1) is 5.82 Å². The van der Waals surface area contributed by atoms with E-state index in [2.05, 4.69) is 10.1 Å². The molecular formula is C11H10FN3O. The first-order chi connectivity index (χ1) is 7.72. The molecule has 0 saturated carbocycles. The predicted molar refractivity (Wildman–Crippen MR) is 55.5 cm³/mol. The maximum atomic E-state index is 12.9. The Bertz CT molecular complexity index is 521. The van der Waals surface area contributed by atoms with Gasteiger partial charge in [-0.3, -0.25) is 14.5 Å². The highest BCUT2D eigenvalue weighted by Gasteiger charge is 2.14. The van der Waals surface area contributed by atoms with Crippen LogP contribution >= 0.6 is 0 Å². The van der Waals surface area contributed by atoms with Gasteiger partial charge in [0.05, 0.1) is 6.20 Å². The average Bonchev–Trinajstić information content (AvgIpc) is 2.76. The molecule has 0 saturated heterocycles. The van der Waals surface area contributed by atoms with Crippen molar-refractivity contribution in [3.8, 4) is 0 Å². The molecule has 82 valence electrons.